The number of hydrogen-bond acceptors (Lipinski definition) is 4. The Morgan fingerprint density at radius 2 is 1.72 bits per heavy atom. The van der Waals surface area contributed by atoms with E-state index in [1.54, 1.807) is 0 Å². The highest BCUT2D eigenvalue weighted by atomic mass is 35.5. The lowest BCUT2D eigenvalue weighted by Gasteiger charge is -2.33. The van der Waals surface area contributed by atoms with Crippen LogP contribution in [0.4, 0.5) is 0 Å². The fraction of sp³-hybridized carbons (Fsp3) is 0.273. The molecule has 0 fully saturated rings. The Balaban J connectivity index is 0.00000353. The lowest BCUT2D eigenvalue weighted by Crippen LogP contribution is -2.37. The third-order valence-corrected chi connectivity index (χ3v) is 7.56. The van der Waals surface area contributed by atoms with E-state index in [2.05, 4.69) is 66.8 Å². The van der Waals surface area contributed by atoms with Crippen LogP contribution in [0.2, 0.25) is 0 Å². The number of rotatable bonds is 9. The van der Waals surface area contributed by atoms with Gasteiger partial charge in [-0.05, 0) is 59.9 Å². The maximum Gasteiger partial charge on any atom is 0.303 e. The van der Waals surface area contributed by atoms with E-state index in [9.17, 15) is 9.59 Å². The molecule has 0 saturated heterocycles. The molecule has 39 heavy (non-hydrogen) atoms. The molecule has 0 saturated carbocycles. The van der Waals surface area contributed by atoms with Crippen LogP contribution in [0, 0.1) is 6.92 Å². The molecule has 1 aliphatic rings. The maximum absolute atomic E-state index is 12.8. The van der Waals surface area contributed by atoms with Crippen LogP contribution in [-0.4, -0.2) is 29.5 Å². The van der Waals surface area contributed by atoms with Gasteiger partial charge in [0.2, 0.25) is 0 Å². The van der Waals surface area contributed by atoms with Gasteiger partial charge in [-0.15, -0.1) is 12.4 Å². The van der Waals surface area contributed by atoms with Crippen molar-refractivity contribution in [2.45, 2.75) is 51.2 Å². The summed E-state index contributed by atoms with van der Waals surface area (Å²) in [5.74, 6) is -0.147. The van der Waals surface area contributed by atoms with Gasteiger partial charge in [-0.1, -0.05) is 72.8 Å². The van der Waals surface area contributed by atoms with Crippen LogP contribution in [0.3, 0.4) is 0 Å². The van der Waals surface area contributed by atoms with Crippen LogP contribution in [-0.2, 0) is 4.79 Å². The van der Waals surface area contributed by atoms with Gasteiger partial charge < -0.3 is 15.2 Å². The molecule has 0 amide bonds. The molecule has 5 nitrogen and oxygen atoms in total. The van der Waals surface area contributed by atoms with E-state index in [1.807, 2.05) is 37.3 Å². The molecule has 1 aliphatic heterocycles. The van der Waals surface area contributed by atoms with Gasteiger partial charge in [-0.25, -0.2) is 0 Å². The van der Waals surface area contributed by atoms with E-state index < -0.39 is 5.97 Å². The van der Waals surface area contributed by atoms with Crippen molar-refractivity contribution in [3.8, 4) is 5.75 Å². The highest BCUT2D eigenvalue weighted by molar-refractivity contribution is 5.99. The van der Waals surface area contributed by atoms with Crippen molar-refractivity contribution in [1.29, 1.82) is 0 Å². The Labute approximate surface area is 235 Å². The van der Waals surface area contributed by atoms with Gasteiger partial charge in [0.1, 0.15) is 11.9 Å². The number of carboxylic acids is 1. The standard InChI is InChI=1S/C33H33NO4.ClH/c1-21-14-15-24(18-29(21)31(35)16-17-33(36)37)30-19-25(38-32-13-6-5-11-28(30)32)20-34-22(2)26-12-7-9-23-8-3-4-10-27(23)26;/h3-15,18,22,25,30,34H,16-17,19-20H2,1-2H3,(H,36,37);1H/t22-,25-,30+;/m1./s1. The van der Waals surface area contributed by atoms with E-state index in [1.165, 1.54) is 16.3 Å². The quantitative estimate of drug-likeness (QED) is 0.217. The van der Waals surface area contributed by atoms with Crippen molar-refractivity contribution < 1.29 is 19.4 Å². The van der Waals surface area contributed by atoms with E-state index in [0.29, 0.717) is 12.1 Å². The van der Waals surface area contributed by atoms with Gasteiger partial charge in [-0.2, -0.15) is 0 Å². The molecule has 0 bridgehead atoms. The predicted molar refractivity (Wildman–Crippen MR) is 157 cm³/mol. The number of halogens is 1. The summed E-state index contributed by atoms with van der Waals surface area (Å²) in [6, 6.07) is 29.1. The third kappa shape index (κ3) is 6.32. The van der Waals surface area contributed by atoms with Crippen LogP contribution in [0.25, 0.3) is 10.8 Å². The minimum absolute atomic E-state index is 0. The Kier molecular flexibility index (Phi) is 9.05. The second-order valence-electron chi connectivity index (χ2n) is 10.2. The van der Waals surface area contributed by atoms with Gasteiger partial charge in [0, 0.05) is 36.1 Å². The molecule has 2 N–H and O–H groups in total. The molecular formula is C33H34ClNO4. The van der Waals surface area contributed by atoms with E-state index in [4.69, 9.17) is 9.84 Å². The van der Waals surface area contributed by atoms with Crippen molar-refractivity contribution in [3.63, 3.8) is 0 Å². The van der Waals surface area contributed by atoms with E-state index >= 15 is 0 Å². The first-order valence-electron chi connectivity index (χ1n) is 13.2. The third-order valence-electron chi connectivity index (χ3n) is 7.56. The van der Waals surface area contributed by atoms with Gasteiger partial charge in [0.15, 0.2) is 5.78 Å². The number of para-hydroxylation sites is 1. The number of carbonyl (C=O) groups excluding carboxylic acids is 1. The fourth-order valence-electron chi connectivity index (χ4n) is 5.49. The highest BCUT2D eigenvalue weighted by Crippen LogP contribution is 2.41. The number of benzene rings is 4. The summed E-state index contributed by atoms with van der Waals surface area (Å²) in [7, 11) is 0. The maximum atomic E-state index is 12.8. The molecule has 6 heteroatoms. The van der Waals surface area contributed by atoms with Crippen LogP contribution in [0.1, 0.15) is 70.8 Å². The van der Waals surface area contributed by atoms with E-state index in [0.717, 1.165) is 28.9 Å². The average Bonchev–Trinajstić information content (AvgIpc) is 2.94. The molecule has 0 radical (unpaired) electrons. The summed E-state index contributed by atoms with van der Waals surface area (Å²) in [4.78, 5) is 23.8. The van der Waals surface area contributed by atoms with Crippen LogP contribution in [0.15, 0.2) is 84.9 Å². The number of fused-ring (bicyclic) bond motifs is 2. The number of carbonyl (C=O) groups is 2. The molecule has 0 spiro atoms. The van der Waals surface area contributed by atoms with Gasteiger partial charge in [0.25, 0.3) is 0 Å². The van der Waals surface area contributed by atoms with Gasteiger partial charge >= 0.3 is 5.97 Å². The summed E-state index contributed by atoms with van der Waals surface area (Å²) in [5.41, 5.74) is 4.90. The smallest absolute Gasteiger partial charge is 0.303 e. The molecule has 0 aliphatic carbocycles. The predicted octanol–water partition coefficient (Wildman–Crippen LogP) is 7.25. The Bertz CT molecular complexity index is 1480. The minimum atomic E-state index is -0.960. The molecule has 0 aromatic heterocycles. The van der Waals surface area contributed by atoms with Crippen molar-refractivity contribution in [2.75, 3.05) is 6.54 Å². The van der Waals surface area contributed by atoms with Gasteiger partial charge in [0.05, 0.1) is 6.42 Å². The summed E-state index contributed by atoms with van der Waals surface area (Å²) in [6.07, 6.45) is 0.575. The minimum Gasteiger partial charge on any atom is -0.489 e. The first kappa shape index (κ1) is 28.3. The number of hydrogen-bond donors (Lipinski definition) is 2. The summed E-state index contributed by atoms with van der Waals surface area (Å²) < 4.78 is 6.43. The Morgan fingerprint density at radius 1 is 0.974 bits per heavy atom. The van der Waals surface area contributed by atoms with Crippen LogP contribution >= 0.6 is 12.4 Å². The molecule has 4 aromatic carbocycles. The summed E-state index contributed by atoms with van der Waals surface area (Å²) in [6.45, 7) is 4.77. The van der Waals surface area contributed by atoms with Crippen molar-refractivity contribution >= 4 is 34.9 Å². The topological polar surface area (TPSA) is 75.6 Å². The number of Topliss-reactive ketones (excluding diaryl/α,β-unsaturated/α-hetero) is 1. The monoisotopic (exact) mass is 543 g/mol. The molecular weight excluding hydrogens is 510 g/mol. The lowest BCUT2D eigenvalue weighted by molar-refractivity contribution is -0.136. The number of nitrogens with one attached hydrogen (secondary N) is 1. The normalized spacial score (nSPS) is 17.0. The largest absolute Gasteiger partial charge is 0.489 e. The fourth-order valence-corrected chi connectivity index (χ4v) is 5.49. The first-order valence-corrected chi connectivity index (χ1v) is 13.2. The SMILES string of the molecule is Cc1ccc([C@@H]2C[C@H](CN[C@H](C)c3cccc4ccccc34)Oc3ccccc32)cc1C(=O)CCC(=O)O.Cl. The van der Waals surface area contributed by atoms with Crippen molar-refractivity contribution in [3.05, 3.63) is 113 Å². The molecule has 3 atom stereocenters. The zero-order valence-electron chi connectivity index (χ0n) is 22.2. The number of ether oxygens (including phenoxy) is 1. The van der Waals surface area contributed by atoms with Crippen LogP contribution in [0.5, 0.6) is 5.75 Å². The first-order chi connectivity index (χ1) is 18.4. The van der Waals surface area contributed by atoms with Crippen molar-refractivity contribution in [1.82, 2.24) is 5.32 Å². The summed E-state index contributed by atoms with van der Waals surface area (Å²) in [5, 5.41) is 15.2. The molecule has 202 valence electrons. The van der Waals surface area contributed by atoms with E-state index in [-0.39, 0.29) is 49.1 Å². The van der Waals surface area contributed by atoms with Gasteiger partial charge in [-0.3, -0.25) is 9.59 Å². The number of carboxylic acid groups (broad SMARTS) is 1. The molecule has 4 aromatic rings. The number of aryl methyl sites for hydroxylation is 1. The lowest BCUT2D eigenvalue weighted by atomic mass is 9.82. The Hall–Kier alpha value is -3.67. The number of ketones is 1. The number of aliphatic carboxylic acids is 1. The highest BCUT2D eigenvalue weighted by Gasteiger charge is 2.30. The van der Waals surface area contributed by atoms with Crippen LogP contribution < -0.4 is 10.1 Å². The second-order valence-corrected chi connectivity index (χ2v) is 10.2. The Morgan fingerprint density at radius 3 is 2.54 bits per heavy atom. The molecule has 0 unspecified atom stereocenters. The summed E-state index contributed by atoms with van der Waals surface area (Å²) >= 11 is 0. The average molecular weight is 544 g/mol. The second kappa shape index (κ2) is 12.5. The molecule has 1 heterocycles. The zero-order chi connectivity index (χ0) is 26.6. The van der Waals surface area contributed by atoms with Crippen molar-refractivity contribution in [2.24, 2.45) is 0 Å². The zero-order valence-corrected chi connectivity index (χ0v) is 23.0. The molecule has 5 rings (SSSR count).